The Kier molecular flexibility index (Phi) is 4.26. The second-order valence-corrected chi connectivity index (χ2v) is 8.57. The molecule has 2 saturated heterocycles. The molecule has 0 unspecified atom stereocenters. The van der Waals surface area contributed by atoms with Gasteiger partial charge in [-0.25, -0.2) is 8.42 Å². The minimum Gasteiger partial charge on any atom is -0.425 e. The van der Waals surface area contributed by atoms with E-state index in [1.54, 1.807) is 11.2 Å². The number of ether oxygens (including phenoxy) is 1. The maximum atomic E-state index is 12.7. The van der Waals surface area contributed by atoms with Crippen molar-refractivity contribution in [2.24, 2.45) is 5.92 Å². The van der Waals surface area contributed by atoms with E-state index in [0.29, 0.717) is 24.9 Å². The fourth-order valence-corrected chi connectivity index (χ4v) is 5.49. The van der Waals surface area contributed by atoms with Gasteiger partial charge in [0.15, 0.2) is 0 Å². The number of aromatic nitrogens is 2. The summed E-state index contributed by atoms with van der Waals surface area (Å²) in [5.74, 6) is 1.17. The van der Waals surface area contributed by atoms with E-state index in [1.165, 1.54) is 0 Å². The minimum atomic E-state index is -3.31. The summed E-state index contributed by atoms with van der Waals surface area (Å²) in [6.45, 7) is 6.59. The summed E-state index contributed by atoms with van der Waals surface area (Å²) in [6, 6.07) is -0.0518. The second kappa shape index (κ2) is 5.90. The molecule has 0 saturated carbocycles. The molecule has 3 atom stereocenters. The van der Waals surface area contributed by atoms with Crippen LogP contribution in [0.25, 0.3) is 0 Å². The summed E-state index contributed by atoms with van der Waals surface area (Å²) < 4.78 is 38.3. The topological polar surface area (TPSA) is 85.5 Å². The molecule has 1 aromatic rings. The van der Waals surface area contributed by atoms with E-state index in [4.69, 9.17) is 9.15 Å². The Morgan fingerprint density at radius 2 is 2.14 bits per heavy atom. The van der Waals surface area contributed by atoms with Crippen LogP contribution in [0.4, 0.5) is 0 Å². The fraction of sp³-hybridized carbons (Fsp3) is 0.857. The minimum absolute atomic E-state index is 0.0518. The number of hydrogen-bond donors (Lipinski definition) is 0. The molecule has 3 rings (SSSR count). The van der Waals surface area contributed by atoms with Crippen molar-refractivity contribution < 1.29 is 17.6 Å². The smallest absolute Gasteiger partial charge is 0.221 e. The first-order chi connectivity index (χ1) is 10.4. The molecule has 1 aromatic heterocycles. The Bertz CT molecular complexity index is 628. The van der Waals surface area contributed by atoms with Crippen LogP contribution in [0.3, 0.4) is 0 Å². The SMILES string of the molecule is Cc1nnc([C@H]2C[C@H]3OCC[C@H]3N(S(=O)(=O)CC(C)C)C2)o1. The third kappa shape index (κ3) is 3.04. The van der Waals surface area contributed by atoms with Crippen molar-refractivity contribution in [3.8, 4) is 0 Å². The van der Waals surface area contributed by atoms with Gasteiger partial charge in [0.05, 0.1) is 23.8 Å². The average Bonchev–Trinajstić information content (AvgIpc) is 3.03. The molecule has 0 N–H and O–H groups in total. The van der Waals surface area contributed by atoms with Crippen LogP contribution in [0.1, 0.15) is 44.4 Å². The summed E-state index contributed by atoms with van der Waals surface area (Å²) in [7, 11) is -3.31. The van der Waals surface area contributed by atoms with Crippen LogP contribution in [0.2, 0.25) is 0 Å². The van der Waals surface area contributed by atoms with Crippen molar-refractivity contribution >= 4 is 10.0 Å². The third-order valence-electron chi connectivity index (χ3n) is 4.25. The Hall–Kier alpha value is -0.990. The van der Waals surface area contributed by atoms with E-state index in [0.717, 1.165) is 12.8 Å². The molecule has 7 nitrogen and oxygen atoms in total. The average molecular weight is 329 g/mol. The van der Waals surface area contributed by atoms with Crippen LogP contribution in [0, 0.1) is 12.8 Å². The van der Waals surface area contributed by atoms with Gasteiger partial charge in [0.2, 0.25) is 21.8 Å². The largest absolute Gasteiger partial charge is 0.425 e. The highest BCUT2D eigenvalue weighted by Crippen LogP contribution is 2.37. The molecule has 3 heterocycles. The summed E-state index contributed by atoms with van der Waals surface area (Å²) in [6.07, 6.45) is 1.42. The van der Waals surface area contributed by atoms with Crippen LogP contribution in [0.15, 0.2) is 4.42 Å². The zero-order chi connectivity index (χ0) is 15.9. The number of sulfonamides is 1. The molecular formula is C14H23N3O4S. The molecule has 2 fully saturated rings. The Balaban J connectivity index is 1.87. The molecule has 0 bridgehead atoms. The van der Waals surface area contributed by atoms with Crippen molar-refractivity contribution in [2.45, 2.75) is 51.7 Å². The number of fused-ring (bicyclic) bond motifs is 1. The molecule has 124 valence electrons. The zero-order valence-electron chi connectivity index (χ0n) is 13.2. The monoisotopic (exact) mass is 329 g/mol. The van der Waals surface area contributed by atoms with Crippen LogP contribution in [0.5, 0.6) is 0 Å². The molecular weight excluding hydrogens is 306 g/mol. The third-order valence-corrected chi connectivity index (χ3v) is 6.48. The van der Waals surface area contributed by atoms with Gasteiger partial charge in [0.25, 0.3) is 0 Å². The van der Waals surface area contributed by atoms with Crippen molar-refractivity contribution in [3.05, 3.63) is 11.8 Å². The van der Waals surface area contributed by atoms with Crippen molar-refractivity contribution in [3.63, 3.8) is 0 Å². The lowest BCUT2D eigenvalue weighted by atomic mass is 9.92. The Morgan fingerprint density at radius 3 is 2.77 bits per heavy atom. The predicted molar refractivity (Wildman–Crippen MR) is 79.9 cm³/mol. The summed E-state index contributed by atoms with van der Waals surface area (Å²) >= 11 is 0. The molecule has 0 aromatic carbocycles. The second-order valence-electron chi connectivity index (χ2n) is 6.60. The van der Waals surface area contributed by atoms with Gasteiger partial charge in [0, 0.05) is 20.1 Å². The number of rotatable bonds is 4. The number of aryl methyl sites for hydroxylation is 1. The van der Waals surface area contributed by atoms with Crippen molar-refractivity contribution in [1.29, 1.82) is 0 Å². The van der Waals surface area contributed by atoms with Gasteiger partial charge in [-0.05, 0) is 18.8 Å². The van der Waals surface area contributed by atoms with Crippen molar-refractivity contribution in [2.75, 3.05) is 18.9 Å². The van der Waals surface area contributed by atoms with Gasteiger partial charge >= 0.3 is 0 Å². The lowest BCUT2D eigenvalue weighted by Crippen LogP contribution is -2.52. The highest BCUT2D eigenvalue weighted by molar-refractivity contribution is 7.89. The van der Waals surface area contributed by atoms with Crippen LogP contribution >= 0.6 is 0 Å². The molecule has 0 radical (unpaired) electrons. The first-order valence-electron chi connectivity index (χ1n) is 7.78. The lowest BCUT2D eigenvalue weighted by Gasteiger charge is -2.39. The van der Waals surface area contributed by atoms with E-state index in [2.05, 4.69) is 10.2 Å². The van der Waals surface area contributed by atoms with E-state index >= 15 is 0 Å². The fourth-order valence-electron chi connectivity index (χ4n) is 3.39. The summed E-state index contributed by atoms with van der Waals surface area (Å²) in [4.78, 5) is 0. The molecule has 0 aliphatic carbocycles. The maximum Gasteiger partial charge on any atom is 0.221 e. The quantitative estimate of drug-likeness (QED) is 0.828. The molecule has 0 spiro atoms. The van der Waals surface area contributed by atoms with E-state index in [1.807, 2.05) is 13.8 Å². The molecule has 0 amide bonds. The first-order valence-corrected chi connectivity index (χ1v) is 9.39. The van der Waals surface area contributed by atoms with Crippen LogP contribution < -0.4 is 0 Å². The zero-order valence-corrected chi connectivity index (χ0v) is 14.0. The summed E-state index contributed by atoms with van der Waals surface area (Å²) in [5, 5.41) is 7.92. The number of piperidine rings is 1. The standard InChI is InChI=1S/C14H23N3O4S/c1-9(2)8-22(18,19)17-7-11(14-16-15-10(3)21-14)6-13-12(17)4-5-20-13/h9,11-13H,4-8H2,1-3H3/t11-,12+,13+/m0/s1. The molecule has 2 aliphatic heterocycles. The van der Waals surface area contributed by atoms with E-state index < -0.39 is 10.0 Å². The highest BCUT2D eigenvalue weighted by Gasteiger charge is 2.46. The van der Waals surface area contributed by atoms with Crippen LogP contribution in [-0.2, 0) is 14.8 Å². The van der Waals surface area contributed by atoms with Crippen molar-refractivity contribution in [1.82, 2.24) is 14.5 Å². The maximum absolute atomic E-state index is 12.7. The van der Waals surface area contributed by atoms with Gasteiger partial charge in [-0.3, -0.25) is 0 Å². The number of hydrogen-bond acceptors (Lipinski definition) is 6. The van der Waals surface area contributed by atoms with Gasteiger partial charge in [-0.2, -0.15) is 4.31 Å². The van der Waals surface area contributed by atoms with Gasteiger partial charge in [0.1, 0.15) is 0 Å². The normalized spacial score (nSPS) is 29.9. The lowest BCUT2D eigenvalue weighted by molar-refractivity contribution is 0.0425. The van der Waals surface area contributed by atoms with E-state index in [-0.39, 0.29) is 29.7 Å². The van der Waals surface area contributed by atoms with Gasteiger partial charge in [-0.1, -0.05) is 13.8 Å². The molecule has 2 aliphatic rings. The highest BCUT2D eigenvalue weighted by atomic mass is 32.2. The number of nitrogens with zero attached hydrogens (tertiary/aromatic N) is 3. The van der Waals surface area contributed by atoms with Gasteiger partial charge < -0.3 is 9.15 Å². The molecule has 8 heteroatoms. The summed E-state index contributed by atoms with van der Waals surface area (Å²) in [5.41, 5.74) is 0. The predicted octanol–water partition coefficient (Wildman–Crippen LogP) is 1.31. The Labute approximate surface area is 131 Å². The van der Waals surface area contributed by atoms with Crippen LogP contribution in [-0.4, -0.2) is 54.0 Å². The van der Waals surface area contributed by atoms with E-state index in [9.17, 15) is 8.42 Å². The molecule has 22 heavy (non-hydrogen) atoms. The Morgan fingerprint density at radius 1 is 1.36 bits per heavy atom. The first kappa shape index (κ1) is 15.9. The van der Waals surface area contributed by atoms with Gasteiger partial charge in [-0.15, -0.1) is 10.2 Å².